The third-order valence-electron chi connectivity index (χ3n) is 4.19. The highest BCUT2D eigenvalue weighted by molar-refractivity contribution is 5.69. The molecule has 1 unspecified atom stereocenters. The minimum Gasteiger partial charge on any atom is -0.481 e. The highest BCUT2D eigenvalue weighted by Gasteiger charge is 2.25. The van der Waals surface area contributed by atoms with Crippen molar-refractivity contribution >= 4 is 5.97 Å². The normalized spacial score (nSPS) is 25.9. The zero-order valence-corrected chi connectivity index (χ0v) is 12.0. The zero-order chi connectivity index (χ0) is 13.4. The third-order valence-corrected chi connectivity index (χ3v) is 4.19. The smallest absolute Gasteiger partial charge is 0.306 e. The number of carboxylic acid groups (broad SMARTS) is 1. The number of hydrogen-bond donors (Lipinski definition) is 2. The highest BCUT2D eigenvalue weighted by Crippen LogP contribution is 2.28. The molecule has 3 nitrogen and oxygen atoms in total. The molecule has 0 spiro atoms. The molecule has 0 heterocycles. The van der Waals surface area contributed by atoms with Gasteiger partial charge in [0, 0.05) is 6.04 Å². The van der Waals surface area contributed by atoms with E-state index in [0.29, 0.717) is 12.0 Å². The van der Waals surface area contributed by atoms with Crippen molar-refractivity contribution in [2.24, 2.45) is 11.8 Å². The quantitative estimate of drug-likeness (QED) is 0.653. The van der Waals surface area contributed by atoms with Gasteiger partial charge in [-0.1, -0.05) is 26.2 Å². The van der Waals surface area contributed by atoms with Crippen molar-refractivity contribution in [2.45, 2.75) is 71.3 Å². The van der Waals surface area contributed by atoms with Crippen LogP contribution in [0.25, 0.3) is 0 Å². The standard InChI is InChI=1S/C15H29NO2/c1-3-4-5-6-12(2)16-11-13-7-9-14(10-8-13)15(17)18/h12-14,16H,3-11H2,1-2H3,(H,17,18). The maximum Gasteiger partial charge on any atom is 0.306 e. The Morgan fingerprint density at radius 3 is 2.50 bits per heavy atom. The first-order chi connectivity index (χ1) is 8.63. The van der Waals surface area contributed by atoms with E-state index < -0.39 is 5.97 Å². The maximum absolute atomic E-state index is 10.9. The average Bonchev–Trinajstić information content (AvgIpc) is 2.37. The summed E-state index contributed by atoms with van der Waals surface area (Å²) in [7, 11) is 0. The van der Waals surface area contributed by atoms with Crippen LogP contribution >= 0.6 is 0 Å². The Hall–Kier alpha value is -0.570. The van der Waals surface area contributed by atoms with E-state index in [9.17, 15) is 4.79 Å². The van der Waals surface area contributed by atoms with Crippen molar-refractivity contribution in [3.05, 3.63) is 0 Å². The molecule has 18 heavy (non-hydrogen) atoms. The molecule has 0 bridgehead atoms. The van der Waals surface area contributed by atoms with Gasteiger partial charge in [0.2, 0.25) is 0 Å². The fraction of sp³-hybridized carbons (Fsp3) is 0.933. The molecule has 1 aliphatic rings. The summed E-state index contributed by atoms with van der Waals surface area (Å²) in [5.41, 5.74) is 0. The van der Waals surface area contributed by atoms with Crippen LogP contribution in [0.2, 0.25) is 0 Å². The van der Waals surface area contributed by atoms with Crippen LogP contribution in [0.1, 0.15) is 65.2 Å². The summed E-state index contributed by atoms with van der Waals surface area (Å²) in [6.45, 7) is 5.57. The Balaban J connectivity index is 2.08. The lowest BCUT2D eigenvalue weighted by atomic mass is 9.82. The Labute approximate surface area is 111 Å². The molecular weight excluding hydrogens is 226 g/mol. The number of hydrogen-bond acceptors (Lipinski definition) is 2. The number of carboxylic acids is 1. The molecule has 1 saturated carbocycles. The summed E-state index contributed by atoms with van der Waals surface area (Å²) < 4.78 is 0. The predicted molar refractivity (Wildman–Crippen MR) is 74.7 cm³/mol. The van der Waals surface area contributed by atoms with E-state index in [-0.39, 0.29) is 5.92 Å². The topological polar surface area (TPSA) is 49.3 Å². The molecule has 0 radical (unpaired) electrons. The summed E-state index contributed by atoms with van der Waals surface area (Å²) in [5, 5.41) is 12.6. The van der Waals surface area contributed by atoms with Crippen LogP contribution in [0.15, 0.2) is 0 Å². The summed E-state index contributed by atoms with van der Waals surface area (Å²) in [5.74, 6) is 0.00629. The van der Waals surface area contributed by atoms with E-state index >= 15 is 0 Å². The molecule has 0 amide bonds. The molecule has 1 atom stereocenters. The van der Waals surface area contributed by atoms with Gasteiger partial charge in [0.1, 0.15) is 0 Å². The van der Waals surface area contributed by atoms with Gasteiger partial charge in [-0.05, 0) is 51.5 Å². The summed E-state index contributed by atoms with van der Waals surface area (Å²) in [4.78, 5) is 10.9. The largest absolute Gasteiger partial charge is 0.481 e. The Kier molecular flexibility index (Phi) is 7.33. The minimum atomic E-state index is -0.602. The van der Waals surface area contributed by atoms with Gasteiger partial charge < -0.3 is 10.4 Å². The third kappa shape index (κ3) is 5.85. The number of unbranched alkanes of at least 4 members (excludes halogenated alkanes) is 2. The molecule has 0 aromatic rings. The van der Waals surface area contributed by atoms with Crippen LogP contribution < -0.4 is 5.32 Å². The Bertz CT molecular complexity index is 235. The molecule has 0 saturated heterocycles. The van der Waals surface area contributed by atoms with E-state index in [0.717, 1.165) is 32.2 Å². The van der Waals surface area contributed by atoms with Crippen molar-refractivity contribution in [3.63, 3.8) is 0 Å². The lowest BCUT2D eigenvalue weighted by molar-refractivity contribution is -0.143. The van der Waals surface area contributed by atoms with Crippen molar-refractivity contribution in [2.75, 3.05) is 6.54 Å². The molecule has 1 rings (SSSR count). The number of nitrogens with one attached hydrogen (secondary N) is 1. The van der Waals surface area contributed by atoms with Gasteiger partial charge in [-0.2, -0.15) is 0 Å². The second-order valence-corrected chi connectivity index (χ2v) is 5.86. The molecule has 1 fully saturated rings. The van der Waals surface area contributed by atoms with E-state index in [1.165, 1.54) is 25.7 Å². The van der Waals surface area contributed by atoms with Crippen molar-refractivity contribution in [1.29, 1.82) is 0 Å². The summed E-state index contributed by atoms with van der Waals surface area (Å²) >= 11 is 0. The molecular formula is C15H29NO2. The number of carbonyl (C=O) groups is 1. The maximum atomic E-state index is 10.9. The van der Waals surface area contributed by atoms with Crippen molar-refractivity contribution in [1.82, 2.24) is 5.32 Å². The average molecular weight is 255 g/mol. The monoisotopic (exact) mass is 255 g/mol. The van der Waals surface area contributed by atoms with Crippen LogP contribution in [-0.4, -0.2) is 23.7 Å². The lowest BCUT2D eigenvalue weighted by Gasteiger charge is -2.27. The van der Waals surface area contributed by atoms with Gasteiger partial charge in [-0.3, -0.25) is 4.79 Å². The van der Waals surface area contributed by atoms with Gasteiger partial charge in [-0.15, -0.1) is 0 Å². The summed E-state index contributed by atoms with van der Waals surface area (Å²) in [6, 6.07) is 0.605. The minimum absolute atomic E-state index is 0.0803. The SMILES string of the molecule is CCCCCC(C)NCC1CCC(C(=O)O)CC1. The first kappa shape index (κ1) is 15.5. The fourth-order valence-electron chi connectivity index (χ4n) is 2.78. The molecule has 0 aromatic carbocycles. The van der Waals surface area contributed by atoms with E-state index in [1.54, 1.807) is 0 Å². The van der Waals surface area contributed by atoms with E-state index in [4.69, 9.17) is 5.11 Å². The number of aliphatic carboxylic acids is 1. The van der Waals surface area contributed by atoms with E-state index in [1.807, 2.05) is 0 Å². The number of rotatable bonds is 8. The zero-order valence-electron chi connectivity index (χ0n) is 12.0. The molecule has 2 N–H and O–H groups in total. The first-order valence-corrected chi connectivity index (χ1v) is 7.59. The second kappa shape index (κ2) is 8.52. The molecule has 3 heteroatoms. The van der Waals surface area contributed by atoms with Gasteiger partial charge in [0.15, 0.2) is 0 Å². The van der Waals surface area contributed by atoms with Crippen LogP contribution in [0.4, 0.5) is 0 Å². The van der Waals surface area contributed by atoms with Crippen LogP contribution in [0.5, 0.6) is 0 Å². The van der Waals surface area contributed by atoms with Crippen molar-refractivity contribution < 1.29 is 9.90 Å². The van der Waals surface area contributed by atoms with Gasteiger partial charge >= 0.3 is 5.97 Å². The summed E-state index contributed by atoms with van der Waals surface area (Å²) in [6.07, 6.45) is 9.07. The Morgan fingerprint density at radius 2 is 1.94 bits per heavy atom. The van der Waals surface area contributed by atoms with Gasteiger partial charge in [0.05, 0.1) is 5.92 Å². The van der Waals surface area contributed by atoms with Crippen LogP contribution in [0, 0.1) is 11.8 Å². The lowest BCUT2D eigenvalue weighted by Crippen LogP contribution is -2.33. The van der Waals surface area contributed by atoms with Crippen molar-refractivity contribution in [3.8, 4) is 0 Å². The van der Waals surface area contributed by atoms with Gasteiger partial charge in [-0.25, -0.2) is 0 Å². The van der Waals surface area contributed by atoms with Crippen LogP contribution in [-0.2, 0) is 4.79 Å². The van der Waals surface area contributed by atoms with Crippen LogP contribution in [0.3, 0.4) is 0 Å². The molecule has 1 aliphatic carbocycles. The first-order valence-electron chi connectivity index (χ1n) is 7.59. The molecule has 0 aromatic heterocycles. The fourth-order valence-corrected chi connectivity index (χ4v) is 2.78. The predicted octanol–water partition coefficient (Wildman–Crippen LogP) is 3.44. The van der Waals surface area contributed by atoms with E-state index in [2.05, 4.69) is 19.2 Å². The molecule has 106 valence electrons. The second-order valence-electron chi connectivity index (χ2n) is 5.86. The highest BCUT2D eigenvalue weighted by atomic mass is 16.4. The van der Waals surface area contributed by atoms with Gasteiger partial charge in [0.25, 0.3) is 0 Å². The molecule has 0 aliphatic heterocycles. The Morgan fingerprint density at radius 1 is 1.28 bits per heavy atom.